The average molecular weight is 197 g/mol. The summed E-state index contributed by atoms with van der Waals surface area (Å²) in [5.41, 5.74) is 5.83. The Kier molecular flexibility index (Phi) is 4.12. The Bertz CT molecular complexity index is 296. The Morgan fingerprint density at radius 1 is 1.71 bits per heavy atom. The van der Waals surface area contributed by atoms with Gasteiger partial charge in [0.15, 0.2) is 0 Å². The SMILES string of the molecule is CCc1oncc1C(=O)NCCCN. The molecule has 0 aliphatic heterocycles. The van der Waals surface area contributed by atoms with Gasteiger partial charge in [-0.15, -0.1) is 0 Å². The van der Waals surface area contributed by atoms with E-state index in [-0.39, 0.29) is 5.91 Å². The van der Waals surface area contributed by atoms with Crippen molar-refractivity contribution in [3.63, 3.8) is 0 Å². The van der Waals surface area contributed by atoms with Crippen molar-refractivity contribution in [2.45, 2.75) is 19.8 Å². The molecule has 0 atom stereocenters. The van der Waals surface area contributed by atoms with Crippen LogP contribution in [0.5, 0.6) is 0 Å². The van der Waals surface area contributed by atoms with Crippen molar-refractivity contribution in [2.75, 3.05) is 13.1 Å². The highest BCUT2D eigenvalue weighted by atomic mass is 16.5. The Labute approximate surface area is 82.6 Å². The Morgan fingerprint density at radius 3 is 3.14 bits per heavy atom. The third-order valence-corrected chi connectivity index (χ3v) is 1.88. The molecular formula is C9H15N3O2. The average Bonchev–Trinajstić information content (AvgIpc) is 2.65. The Balaban J connectivity index is 2.51. The van der Waals surface area contributed by atoms with Crippen molar-refractivity contribution >= 4 is 5.91 Å². The predicted molar refractivity (Wildman–Crippen MR) is 51.9 cm³/mol. The van der Waals surface area contributed by atoms with Gasteiger partial charge in [0.1, 0.15) is 11.3 Å². The standard InChI is InChI=1S/C9H15N3O2/c1-2-8-7(6-12-14-8)9(13)11-5-3-4-10/h6H,2-5,10H2,1H3,(H,11,13). The van der Waals surface area contributed by atoms with Crippen molar-refractivity contribution in [1.82, 2.24) is 10.5 Å². The number of nitrogens with one attached hydrogen (secondary N) is 1. The van der Waals surface area contributed by atoms with Crippen molar-refractivity contribution in [3.05, 3.63) is 17.5 Å². The molecule has 0 bridgehead atoms. The third kappa shape index (κ3) is 2.56. The smallest absolute Gasteiger partial charge is 0.256 e. The largest absolute Gasteiger partial charge is 0.361 e. The zero-order valence-corrected chi connectivity index (χ0v) is 8.25. The number of aryl methyl sites for hydroxylation is 1. The lowest BCUT2D eigenvalue weighted by Gasteiger charge is -2.02. The van der Waals surface area contributed by atoms with Crippen molar-refractivity contribution in [3.8, 4) is 0 Å². The number of nitrogens with zero attached hydrogens (tertiary/aromatic N) is 1. The van der Waals surface area contributed by atoms with Crippen LogP contribution in [0.1, 0.15) is 29.5 Å². The number of amides is 1. The zero-order valence-electron chi connectivity index (χ0n) is 8.25. The molecule has 0 saturated heterocycles. The first-order valence-electron chi connectivity index (χ1n) is 4.71. The van der Waals surface area contributed by atoms with Gasteiger partial charge in [-0.3, -0.25) is 4.79 Å². The summed E-state index contributed by atoms with van der Waals surface area (Å²) >= 11 is 0. The van der Waals surface area contributed by atoms with Crippen LogP contribution in [0.25, 0.3) is 0 Å². The molecule has 78 valence electrons. The molecule has 0 aromatic carbocycles. The zero-order chi connectivity index (χ0) is 10.4. The molecule has 0 radical (unpaired) electrons. The van der Waals surface area contributed by atoms with E-state index in [0.717, 1.165) is 6.42 Å². The number of hydrogen-bond acceptors (Lipinski definition) is 4. The molecule has 0 aliphatic carbocycles. The summed E-state index contributed by atoms with van der Waals surface area (Å²) in [4.78, 5) is 11.5. The van der Waals surface area contributed by atoms with Crippen LogP contribution in [-0.4, -0.2) is 24.2 Å². The predicted octanol–water partition coefficient (Wildman–Crippen LogP) is 0.316. The maximum atomic E-state index is 11.5. The molecule has 3 N–H and O–H groups in total. The third-order valence-electron chi connectivity index (χ3n) is 1.88. The molecule has 0 aliphatic rings. The normalized spacial score (nSPS) is 10.1. The van der Waals surface area contributed by atoms with Crippen LogP contribution < -0.4 is 11.1 Å². The second-order valence-electron chi connectivity index (χ2n) is 2.91. The van der Waals surface area contributed by atoms with Crippen LogP contribution in [0.4, 0.5) is 0 Å². The molecule has 0 fully saturated rings. The molecular weight excluding hydrogens is 182 g/mol. The molecule has 0 saturated carbocycles. The minimum atomic E-state index is -0.142. The minimum Gasteiger partial charge on any atom is -0.361 e. The van der Waals surface area contributed by atoms with Gasteiger partial charge in [0.05, 0.1) is 6.20 Å². The maximum absolute atomic E-state index is 11.5. The number of hydrogen-bond donors (Lipinski definition) is 2. The summed E-state index contributed by atoms with van der Waals surface area (Å²) in [5.74, 6) is 0.479. The second kappa shape index (κ2) is 5.39. The van der Waals surface area contributed by atoms with E-state index in [9.17, 15) is 4.79 Å². The van der Waals surface area contributed by atoms with Gasteiger partial charge >= 0.3 is 0 Å². The van der Waals surface area contributed by atoms with E-state index in [1.54, 1.807) is 0 Å². The van der Waals surface area contributed by atoms with Crippen molar-refractivity contribution in [2.24, 2.45) is 5.73 Å². The highest BCUT2D eigenvalue weighted by Crippen LogP contribution is 2.07. The molecule has 1 aromatic heterocycles. The van der Waals surface area contributed by atoms with Gasteiger partial charge in [-0.05, 0) is 13.0 Å². The van der Waals surface area contributed by atoms with Gasteiger partial charge in [-0.25, -0.2) is 0 Å². The highest BCUT2D eigenvalue weighted by molar-refractivity contribution is 5.94. The molecule has 1 rings (SSSR count). The van der Waals surface area contributed by atoms with Gasteiger partial charge in [0.2, 0.25) is 0 Å². The van der Waals surface area contributed by atoms with E-state index >= 15 is 0 Å². The molecule has 0 spiro atoms. The van der Waals surface area contributed by atoms with Crippen LogP contribution >= 0.6 is 0 Å². The van der Waals surface area contributed by atoms with E-state index in [4.69, 9.17) is 10.3 Å². The van der Waals surface area contributed by atoms with E-state index in [0.29, 0.717) is 30.8 Å². The lowest BCUT2D eigenvalue weighted by atomic mass is 10.2. The monoisotopic (exact) mass is 197 g/mol. The van der Waals surface area contributed by atoms with Gasteiger partial charge in [-0.1, -0.05) is 12.1 Å². The van der Waals surface area contributed by atoms with Crippen LogP contribution in [0.2, 0.25) is 0 Å². The summed E-state index contributed by atoms with van der Waals surface area (Å²) in [6, 6.07) is 0. The lowest BCUT2D eigenvalue weighted by Crippen LogP contribution is -2.26. The lowest BCUT2D eigenvalue weighted by molar-refractivity contribution is 0.0951. The van der Waals surface area contributed by atoms with Crippen molar-refractivity contribution in [1.29, 1.82) is 0 Å². The fraction of sp³-hybridized carbons (Fsp3) is 0.556. The van der Waals surface area contributed by atoms with Crippen LogP contribution in [0, 0.1) is 0 Å². The van der Waals surface area contributed by atoms with Crippen molar-refractivity contribution < 1.29 is 9.32 Å². The van der Waals surface area contributed by atoms with E-state index in [1.165, 1.54) is 6.20 Å². The first-order chi connectivity index (χ1) is 6.79. The van der Waals surface area contributed by atoms with Gasteiger partial charge in [-0.2, -0.15) is 0 Å². The van der Waals surface area contributed by atoms with E-state index in [2.05, 4.69) is 10.5 Å². The van der Waals surface area contributed by atoms with Crippen LogP contribution in [0.15, 0.2) is 10.7 Å². The van der Waals surface area contributed by atoms with Gasteiger partial charge in [0, 0.05) is 13.0 Å². The number of carbonyl (C=O) groups is 1. The topological polar surface area (TPSA) is 81.2 Å². The summed E-state index contributed by atoms with van der Waals surface area (Å²) in [6.45, 7) is 3.07. The first-order valence-corrected chi connectivity index (χ1v) is 4.71. The quantitative estimate of drug-likeness (QED) is 0.666. The van der Waals surface area contributed by atoms with Gasteiger partial charge < -0.3 is 15.6 Å². The van der Waals surface area contributed by atoms with Crippen LogP contribution in [-0.2, 0) is 6.42 Å². The fourth-order valence-electron chi connectivity index (χ4n) is 1.10. The molecule has 1 heterocycles. The second-order valence-corrected chi connectivity index (χ2v) is 2.91. The molecule has 0 unspecified atom stereocenters. The molecule has 14 heavy (non-hydrogen) atoms. The molecule has 1 aromatic rings. The molecule has 5 nitrogen and oxygen atoms in total. The Morgan fingerprint density at radius 2 is 2.50 bits per heavy atom. The highest BCUT2D eigenvalue weighted by Gasteiger charge is 2.13. The first kappa shape index (κ1) is 10.7. The number of nitrogens with two attached hydrogens (primary N) is 1. The summed E-state index contributed by atoms with van der Waals surface area (Å²) in [7, 11) is 0. The number of carbonyl (C=O) groups excluding carboxylic acids is 1. The number of rotatable bonds is 5. The number of aromatic nitrogens is 1. The molecule has 1 amide bonds. The fourth-order valence-corrected chi connectivity index (χ4v) is 1.10. The summed E-state index contributed by atoms with van der Waals surface area (Å²) < 4.78 is 4.91. The summed E-state index contributed by atoms with van der Waals surface area (Å²) in [5, 5.41) is 6.32. The maximum Gasteiger partial charge on any atom is 0.256 e. The van der Waals surface area contributed by atoms with E-state index in [1.807, 2.05) is 6.92 Å². The van der Waals surface area contributed by atoms with Gasteiger partial charge in [0.25, 0.3) is 5.91 Å². The summed E-state index contributed by atoms with van der Waals surface area (Å²) in [6.07, 6.45) is 2.88. The molecule has 5 heteroatoms. The Hall–Kier alpha value is -1.36. The van der Waals surface area contributed by atoms with E-state index < -0.39 is 0 Å². The minimum absolute atomic E-state index is 0.142. The van der Waals surface area contributed by atoms with Crippen LogP contribution in [0.3, 0.4) is 0 Å².